The van der Waals surface area contributed by atoms with Gasteiger partial charge in [-0.2, -0.15) is 0 Å². The molecule has 18 heavy (non-hydrogen) atoms. The Hall–Kier alpha value is -0.780. The minimum atomic E-state index is 0.299. The molecule has 0 radical (unpaired) electrons. The van der Waals surface area contributed by atoms with Crippen LogP contribution in [0, 0.1) is 11.3 Å². The van der Waals surface area contributed by atoms with E-state index in [-0.39, 0.29) is 0 Å². The largest absolute Gasteiger partial charge is 0.0625 e. The van der Waals surface area contributed by atoms with Crippen LogP contribution in [-0.2, 0) is 5.41 Å². The predicted octanol–water partition coefficient (Wildman–Crippen LogP) is 5.82. The molecule has 1 aromatic carbocycles. The zero-order valence-electron chi connectivity index (χ0n) is 13.1. The quantitative estimate of drug-likeness (QED) is 0.614. The molecule has 0 spiro atoms. The van der Waals surface area contributed by atoms with Crippen molar-refractivity contribution in [1.82, 2.24) is 0 Å². The van der Waals surface area contributed by atoms with E-state index in [0.29, 0.717) is 10.8 Å². The van der Waals surface area contributed by atoms with Crippen molar-refractivity contribution < 1.29 is 0 Å². The van der Waals surface area contributed by atoms with Crippen LogP contribution in [-0.4, -0.2) is 0 Å². The van der Waals surface area contributed by atoms with Crippen molar-refractivity contribution in [3.8, 4) is 0 Å². The fourth-order valence-corrected chi connectivity index (χ4v) is 2.79. The molecule has 0 nitrogen and oxygen atoms in total. The van der Waals surface area contributed by atoms with Crippen LogP contribution in [0.3, 0.4) is 0 Å². The third-order valence-corrected chi connectivity index (χ3v) is 3.78. The van der Waals surface area contributed by atoms with Gasteiger partial charge in [-0.25, -0.2) is 0 Å². The van der Waals surface area contributed by atoms with E-state index < -0.39 is 0 Å². The molecule has 0 saturated carbocycles. The van der Waals surface area contributed by atoms with Gasteiger partial charge >= 0.3 is 0 Å². The van der Waals surface area contributed by atoms with Crippen molar-refractivity contribution in [2.24, 2.45) is 11.3 Å². The van der Waals surface area contributed by atoms with E-state index in [1.54, 1.807) is 0 Å². The van der Waals surface area contributed by atoms with Gasteiger partial charge in [0.1, 0.15) is 0 Å². The van der Waals surface area contributed by atoms with E-state index in [0.717, 1.165) is 5.92 Å². The molecule has 0 aromatic heterocycles. The molecule has 0 heterocycles. The summed E-state index contributed by atoms with van der Waals surface area (Å²) in [5.74, 6) is 0.813. The molecule has 0 saturated heterocycles. The highest BCUT2D eigenvalue weighted by molar-refractivity contribution is 5.23. The molecule has 1 rings (SSSR count). The minimum absolute atomic E-state index is 0.299. The second-order valence-corrected chi connectivity index (χ2v) is 7.66. The van der Waals surface area contributed by atoms with Crippen LogP contribution in [0.2, 0.25) is 0 Å². The summed E-state index contributed by atoms with van der Waals surface area (Å²) in [6.45, 7) is 14.1. The lowest BCUT2D eigenvalue weighted by Crippen LogP contribution is -2.19. The van der Waals surface area contributed by atoms with Gasteiger partial charge < -0.3 is 0 Å². The van der Waals surface area contributed by atoms with Crippen LogP contribution in [0.4, 0.5) is 0 Å². The number of benzene rings is 1. The van der Waals surface area contributed by atoms with Gasteiger partial charge in [-0.15, -0.1) is 0 Å². The van der Waals surface area contributed by atoms with Gasteiger partial charge in [-0.3, -0.25) is 0 Å². The molecule has 0 heteroatoms. The second-order valence-electron chi connectivity index (χ2n) is 7.66. The first-order valence-corrected chi connectivity index (χ1v) is 7.26. The SMILES string of the molecule is CC(CCC(C)(C)c1ccccc1)CC(C)(C)C. The first kappa shape index (κ1) is 15.3. The molecule has 0 aliphatic rings. The smallest absolute Gasteiger partial charge is 0.0103 e. The minimum Gasteiger partial charge on any atom is -0.0625 e. The Morgan fingerprint density at radius 2 is 1.50 bits per heavy atom. The maximum Gasteiger partial charge on any atom is -0.0103 e. The van der Waals surface area contributed by atoms with Crippen LogP contribution in [0.25, 0.3) is 0 Å². The van der Waals surface area contributed by atoms with Gasteiger partial charge in [0.05, 0.1) is 0 Å². The first-order chi connectivity index (χ1) is 8.21. The van der Waals surface area contributed by atoms with Gasteiger partial charge in [-0.05, 0) is 41.6 Å². The summed E-state index contributed by atoms with van der Waals surface area (Å²) >= 11 is 0. The van der Waals surface area contributed by atoms with E-state index >= 15 is 0 Å². The van der Waals surface area contributed by atoms with Gasteiger partial charge in [0.25, 0.3) is 0 Å². The second kappa shape index (κ2) is 5.91. The molecule has 1 aromatic rings. The zero-order chi connectivity index (χ0) is 13.8. The van der Waals surface area contributed by atoms with E-state index in [9.17, 15) is 0 Å². The maximum absolute atomic E-state index is 2.40. The molecule has 0 aliphatic heterocycles. The summed E-state index contributed by atoms with van der Waals surface area (Å²) in [4.78, 5) is 0. The normalized spacial score (nSPS) is 14.6. The number of rotatable bonds is 5. The summed E-state index contributed by atoms with van der Waals surface area (Å²) in [6, 6.07) is 10.9. The van der Waals surface area contributed by atoms with Crippen molar-refractivity contribution in [2.75, 3.05) is 0 Å². The average molecular weight is 246 g/mol. The third kappa shape index (κ3) is 5.25. The highest BCUT2D eigenvalue weighted by atomic mass is 14.3. The topological polar surface area (TPSA) is 0 Å². The summed E-state index contributed by atoms with van der Waals surface area (Å²) in [5, 5.41) is 0. The van der Waals surface area contributed by atoms with Crippen molar-refractivity contribution >= 4 is 0 Å². The molecule has 0 N–H and O–H groups in total. The lowest BCUT2D eigenvalue weighted by atomic mass is 9.76. The van der Waals surface area contributed by atoms with Gasteiger partial charge in [0, 0.05) is 0 Å². The highest BCUT2D eigenvalue weighted by Gasteiger charge is 2.22. The first-order valence-electron chi connectivity index (χ1n) is 7.26. The van der Waals surface area contributed by atoms with E-state index in [1.807, 2.05) is 0 Å². The molecular formula is C18H30. The van der Waals surface area contributed by atoms with Gasteiger partial charge in [0.2, 0.25) is 0 Å². The zero-order valence-corrected chi connectivity index (χ0v) is 13.1. The summed E-state index contributed by atoms with van der Waals surface area (Å²) in [7, 11) is 0. The average Bonchev–Trinajstić information content (AvgIpc) is 2.26. The number of hydrogen-bond acceptors (Lipinski definition) is 0. The Morgan fingerprint density at radius 3 is 2.00 bits per heavy atom. The van der Waals surface area contributed by atoms with Crippen LogP contribution in [0.1, 0.15) is 66.4 Å². The van der Waals surface area contributed by atoms with E-state index in [4.69, 9.17) is 0 Å². The Labute approximate surface area is 114 Å². The Kier molecular flexibility index (Phi) is 5.01. The molecular weight excluding hydrogens is 216 g/mol. The molecule has 1 atom stereocenters. The molecule has 0 fully saturated rings. The van der Waals surface area contributed by atoms with Crippen molar-refractivity contribution in [3.05, 3.63) is 35.9 Å². The predicted molar refractivity (Wildman–Crippen MR) is 81.9 cm³/mol. The van der Waals surface area contributed by atoms with Crippen LogP contribution in [0.5, 0.6) is 0 Å². The van der Waals surface area contributed by atoms with Gasteiger partial charge in [-0.1, -0.05) is 71.9 Å². The Bertz CT molecular complexity index is 340. The van der Waals surface area contributed by atoms with Gasteiger partial charge in [0.15, 0.2) is 0 Å². The third-order valence-electron chi connectivity index (χ3n) is 3.78. The summed E-state index contributed by atoms with van der Waals surface area (Å²) in [6.07, 6.45) is 3.91. The van der Waals surface area contributed by atoms with E-state index in [2.05, 4.69) is 71.9 Å². The Morgan fingerprint density at radius 1 is 0.944 bits per heavy atom. The lowest BCUT2D eigenvalue weighted by molar-refractivity contribution is 0.278. The fraction of sp³-hybridized carbons (Fsp3) is 0.667. The molecule has 0 amide bonds. The van der Waals surface area contributed by atoms with Crippen LogP contribution < -0.4 is 0 Å². The molecule has 0 aliphatic carbocycles. The number of hydrogen-bond donors (Lipinski definition) is 0. The van der Waals surface area contributed by atoms with Crippen molar-refractivity contribution in [1.29, 1.82) is 0 Å². The van der Waals surface area contributed by atoms with Crippen LogP contribution in [0.15, 0.2) is 30.3 Å². The summed E-state index contributed by atoms with van der Waals surface area (Å²) < 4.78 is 0. The molecule has 0 bridgehead atoms. The fourth-order valence-electron chi connectivity index (χ4n) is 2.79. The molecule has 102 valence electrons. The Balaban J connectivity index is 2.52. The lowest BCUT2D eigenvalue weighted by Gasteiger charge is -2.29. The standard InChI is InChI=1S/C18H30/c1-15(14-17(2,3)4)12-13-18(5,6)16-10-8-7-9-11-16/h7-11,15H,12-14H2,1-6H3. The monoisotopic (exact) mass is 246 g/mol. The van der Waals surface area contributed by atoms with Crippen LogP contribution >= 0.6 is 0 Å². The summed E-state index contributed by atoms with van der Waals surface area (Å²) in [5.41, 5.74) is 2.22. The van der Waals surface area contributed by atoms with E-state index in [1.165, 1.54) is 24.8 Å². The maximum atomic E-state index is 2.40. The van der Waals surface area contributed by atoms with Crippen molar-refractivity contribution in [3.63, 3.8) is 0 Å². The molecule has 1 unspecified atom stereocenters. The van der Waals surface area contributed by atoms with Crippen molar-refractivity contribution in [2.45, 2.75) is 66.2 Å². The highest BCUT2D eigenvalue weighted by Crippen LogP contribution is 2.33.